The molecule has 0 unspecified atom stereocenters. The molecule has 0 fully saturated rings. The molecular weight excluding hydrogens is 293 g/mol. The summed E-state index contributed by atoms with van der Waals surface area (Å²) in [5.74, 6) is -0.000500. The highest BCUT2D eigenvalue weighted by atomic mass is 19.1. The first kappa shape index (κ1) is 17.1. The molecule has 0 N–H and O–H groups in total. The third kappa shape index (κ3) is 6.19. The minimum atomic E-state index is -0.665. The highest BCUT2D eigenvalue weighted by Gasteiger charge is 1.99. The lowest BCUT2D eigenvalue weighted by molar-refractivity contribution is -0.106. The molecular formula is C19H22FNO2. The van der Waals surface area contributed by atoms with Gasteiger partial charge in [-0.2, -0.15) is 0 Å². The summed E-state index contributed by atoms with van der Waals surface area (Å²) in [4.78, 5) is 14.5. The van der Waals surface area contributed by atoms with E-state index in [1.807, 2.05) is 36.4 Å². The summed E-state index contributed by atoms with van der Waals surface area (Å²) < 4.78 is 18.2. The van der Waals surface area contributed by atoms with Gasteiger partial charge < -0.3 is 4.74 Å². The molecule has 122 valence electrons. The Morgan fingerprint density at radius 1 is 1.04 bits per heavy atom. The standard InChI is InChI=1S/C19H22FNO2/c20-17(15-22)10-5-3-1-2-4-8-14-23-19-13-12-16-9-6-7-11-18(16)21-19/h6-7,9-13,15H,1-5,8,14H2/b17-10+. The van der Waals surface area contributed by atoms with E-state index in [9.17, 15) is 9.18 Å². The Morgan fingerprint density at radius 3 is 2.70 bits per heavy atom. The summed E-state index contributed by atoms with van der Waals surface area (Å²) in [6.07, 6.45) is 7.32. The molecule has 2 rings (SSSR count). The number of carbonyl (C=O) groups excluding carboxylic acids is 1. The van der Waals surface area contributed by atoms with Crippen molar-refractivity contribution in [2.45, 2.75) is 38.5 Å². The van der Waals surface area contributed by atoms with Crippen molar-refractivity contribution < 1.29 is 13.9 Å². The summed E-state index contributed by atoms with van der Waals surface area (Å²) >= 11 is 0. The lowest BCUT2D eigenvalue weighted by Gasteiger charge is -2.06. The van der Waals surface area contributed by atoms with E-state index in [0.717, 1.165) is 43.0 Å². The molecule has 0 atom stereocenters. The quantitative estimate of drug-likeness (QED) is 0.351. The molecule has 0 saturated heterocycles. The fourth-order valence-electron chi connectivity index (χ4n) is 2.37. The maximum atomic E-state index is 12.5. The summed E-state index contributed by atoms with van der Waals surface area (Å²) in [5.41, 5.74) is 0.945. The van der Waals surface area contributed by atoms with Gasteiger partial charge in [0, 0.05) is 11.5 Å². The van der Waals surface area contributed by atoms with Gasteiger partial charge in [-0.3, -0.25) is 4.79 Å². The monoisotopic (exact) mass is 315 g/mol. The number of para-hydroxylation sites is 1. The van der Waals surface area contributed by atoms with Gasteiger partial charge in [0.15, 0.2) is 12.1 Å². The number of hydrogen-bond donors (Lipinski definition) is 0. The van der Waals surface area contributed by atoms with E-state index in [1.165, 1.54) is 6.08 Å². The van der Waals surface area contributed by atoms with E-state index in [2.05, 4.69) is 4.98 Å². The van der Waals surface area contributed by atoms with E-state index in [1.54, 1.807) is 0 Å². The Balaban J connectivity index is 1.57. The maximum absolute atomic E-state index is 12.5. The van der Waals surface area contributed by atoms with Crippen molar-refractivity contribution in [3.05, 3.63) is 48.3 Å². The van der Waals surface area contributed by atoms with Crippen molar-refractivity contribution in [3.63, 3.8) is 0 Å². The van der Waals surface area contributed by atoms with Gasteiger partial charge >= 0.3 is 0 Å². The van der Waals surface area contributed by atoms with Gasteiger partial charge in [-0.25, -0.2) is 9.37 Å². The zero-order chi connectivity index (χ0) is 16.3. The molecule has 0 aliphatic heterocycles. The Bertz CT molecular complexity index is 655. The van der Waals surface area contributed by atoms with Crippen molar-refractivity contribution in [2.75, 3.05) is 6.61 Å². The predicted molar refractivity (Wildman–Crippen MR) is 90.2 cm³/mol. The number of halogens is 1. The lowest BCUT2D eigenvalue weighted by Crippen LogP contribution is -1.99. The number of allylic oxidation sites excluding steroid dienone is 2. The number of fused-ring (bicyclic) bond motifs is 1. The van der Waals surface area contributed by atoms with E-state index >= 15 is 0 Å². The number of benzene rings is 1. The Labute approximate surface area is 136 Å². The van der Waals surface area contributed by atoms with Crippen molar-refractivity contribution in [1.29, 1.82) is 0 Å². The van der Waals surface area contributed by atoms with Crippen molar-refractivity contribution in [2.24, 2.45) is 0 Å². The first-order valence-corrected chi connectivity index (χ1v) is 8.09. The number of aromatic nitrogens is 1. The highest BCUT2D eigenvalue weighted by molar-refractivity contribution is 5.78. The van der Waals surface area contributed by atoms with E-state index < -0.39 is 5.83 Å². The van der Waals surface area contributed by atoms with Crippen LogP contribution in [0.25, 0.3) is 10.9 Å². The summed E-state index contributed by atoms with van der Waals surface area (Å²) in [7, 11) is 0. The summed E-state index contributed by atoms with van der Waals surface area (Å²) in [5, 5.41) is 1.11. The fourth-order valence-corrected chi connectivity index (χ4v) is 2.37. The van der Waals surface area contributed by atoms with Gasteiger partial charge in [-0.05, 0) is 37.5 Å². The smallest absolute Gasteiger partial charge is 0.213 e. The number of ether oxygens (including phenoxy) is 1. The summed E-state index contributed by atoms with van der Waals surface area (Å²) in [6, 6.07) is 11.9. The molecule has 0 aliphatic carbocycles. The van der Waals surface area contributed by atoms with Crippen LogP contribution in [0.4, 0.5) is 4.39 Å². The minimum Gasteiger partial charge on any atom is -0.478 e. The molecule has 1 aromatic heterocycles. The van der Waals surface area contributed by atoms with Crippen LogP contribution in [-0.4, -0.2) is 17.9 Å². The summed E-state index contributed by atoms with van der Waals surface area (Å²) in [6.45, 7) is 0.658. The maximum Gasteiger partial charge on any atom is 0.213 e. The number of nitrogens with zero attached hydrogens (tertiary/aromatic N) is 1. The lowest BCUT2D eigenvalue weighted by atomic mass is 10.1. The fraction of sp³-hybridized carbons (Fsp3) is 0.368. The zero-order valence-corrected chi connectivity index (χ0v) is 13.2. The molecule has 23 heavy (non-hydrogen) atoms. The number of pyridine rings is 1. The Morgan fingerprint density at radius 2 is 1.83 bits per heavy atom. The van der Waals surface area contributed by atoms with Crippen LogP contribution in [0.1, 0.15) is 38.5 Å². The average molecular weight is 315 g/mol. The minimum absolute atomic E-state index is 0.248. The third-order valence-electron chi connectivity index (χ3n) is 3.62. The molecule has 0 aliphatic rings. The number of rotatable bonds is 10. The first-order valence-electron chi connectivity index (χ1n) is 8.09. The molecule has 0 saturated carbocycles. The number of aldehydes is 1. The van der Waals surface area contributed by atoms with Crippen LogP contribution in [0.15, 0.2) is 48.3 Å². The molecule has 0 amide bonds. The first-order chi connectivity index (χ1) is 11.3. The Hall–Kier alpha value is -2.23. The van der Waals surface area contributed by atoms with Crippen molar-refractivity contribution >= 4 is 17.2 Å². The van der Waals surface area contributed by atoms with Crippen LogP contribution >= 0.6 is 0 Å². The van der Waals surface area contributed by atoms with Crippen LogP contribution in [0.5, 0.6) is 5.88 Å². The zero-order valence-electron chi connectivity index (χ0n) is 13.2. The number of unbranched alkanes of at least 4 members (excludes halogenated alkanes) is 5. The topological polar surface area (TPSA) is 39.2 Å². The van der Waals surface area contributed by atoms with E-state index in [-0.39, 0.29) is 6.29 Å². The second-order valence-corrected chi connectivity index (χ2v) is 5.45. The molecule has 2 aromatic rings. The van der Waals surface area contributed by atoms with Crippen LogP contribution in [0, 0.1) is 0 Å². The van der Waals surface area contributed by atoms with E-state index in [4.69, 9.17) is 4.74 Å². The van der Waals surface area contributed by atoms with Gasteiger partial charge in [-0.1, -0.05) is 37.5 Å². The Kier molecular flexibility index (Phi) is 7.24. The normalized spacial score (nSPS) is 11.6. The molecule has 1 heterocycles. The van der Waals surface area contributed by atoms with Gasteiger partial charge in [0.1, 0.15) is 0 Å². The van der Waals surface area contributed by atoms with Crippen LogP contribution in [-0.2, 0) is 4.79 Å². The molecule has 3 nitrogen and oxygen atoms in total. The molecule has 1 aromatic carbocycles. The SMILES string of the molecule is O=C/C(F)=C\CCCCCCCOc1ccc2ccccc2n1. The second kappa shape index (κ2) is 9.72. The third-order valence-corrected chi connectivity index (χ3v) is 3.62. The van der Waals surface area contributed by atoms with Crippen molar-refractivity contribution in [1.82, 2.24) is 4.98 Å². The predicted octanol–water partition coefficient (Wildman–Crippen LogP) is 5.01. The molecule has 0 spiro atoms. The van der Waals surface area contributed by atoms with Gasteiger partial charge in [0.05, 0.1) is 12.1 Å². The highest BCUT2D eigenvalue weighted by Crippen LogP contribution is 2.16. The molecule has 0 radical (unpaired) electrons. The average Bonchev–Trinajstić information content (AvgIpc) is 2.59. The van der Waals surface area contributed by atoms with Gasteiger partial charge in [-0.15, -0.1) is 0 Å². The second-order valence-electron chi connectivity index (χ2n) is 5.45. The number of carbonyl (C=O) groups is 1. The van der Waals surface area contributed by atoms with Crippen LogP contribution in [0.3, 0.4) is 0 Å². The van der Waals surface area contributed by atoms with Crippen LogP contribution in [0.2, 0.25) is 0 Å². The van der Waals surface area contributed by atoms with Crippen molar-refractivity contribution in [3.8, 4) is 5.88 Å². The van der Waals surface area contributed by atoms with Crippen LogP contribution < -0.4 is 4.74 Å². The largest absolute Gasteiger partial charge is 0.478 e. The van der Waals surface area contributed by atoms with E-state index in [0.29, 0.717) is 18.9 Å². The van der Waals surface area contributed by atoms with Gasteiger partial charge in [0.25, 0.3) is 0 Å². The van der Waals surface area contributed by atoms with Gasteiger partial charge in [0.2, 0.25) is 5.88 Å². The molecule has 0 bridgehead atoms. The molecule has 4 heteroatoms. The number of hydrogen-bond acceptors (Lipinski definition) is 3.